The molecular formula is C39H61NO7. The molecule has 0 fully saturated rings. The molecule has 0 spiro atoms. The molecule has 0 saturated heterocycles. The third kappa shape index (κ3) is 10.9. The van der Waals surface area contributed by atoms with Gasteiger partial charge in [-0.25, -0.2) is 0 Å². The zero-order valence-corrected chi connectivity index (χ0v) is 30.5. The lowest BCUT2D eigenvalue weighted by atomic mass is 9.54. The van der Waals surface area contributed by atoms with E-state index in [-0.39, 0.29) is 53.8 Å². The minimum atomic E-state index is -0.978. The zero-order valence-electron chi connectivity index (χ0n) is 30.5. The third-order valence-corrected chi connectivity index (χ3v) is 10.3. The normalized spacial score (nSPS) is 16.1. The Bertz CT molecular complexity index is 1290. The molecule has 4 unspecified atom stereocenters. The van der Waals surface area contributed by atoms with Gasteiger partial charge in [0.2, 0.25) is 5.91 Å². The van der Waals surface area contributed by atoms with Crippen LogP contribution in [0.1, 0.15) is 100 Å². The van der Waals surface area contributed by atoms with Crippen LogP contribution in [0.5, 0.6) is 17.2 Å². The maximum absolute atomic E-state index is 14.2. The molecule has 0 heterocycles. The highest BCUT2D eigenvalue weighted by Gasteiger charge is 2.53. The summed E-state index contributed by atoms with van der Waals surface area (Å²) in [5.74, 6) is -0.236. The van der Waals surface area contributed by atoms with Gasteiger partial charge in [-0.3, -0.25) is 9.59 Å². The van der Waals surface area contributed by atoms with E-state index in [1.165, 1.54) is 12.1 Å². The fourth-order valence-electron chi connectivity index (χ4n) is 7.28. The summed E-state index contributed by atoms with van der Waals surface area (Å²) >= 11 is 0. The van der Waals surface area contributed by atoms with E-state index in [4.69, 9.17) is 9.47 Å². The van der Waals surface area contributed by atoms with E-state index in [0.29, 0.717) is 38.0 Å². The van der Waals surface area contributed by atoms with E-state index in [0.717, 1.165) is 12.0 Å². The number of carbonyl (C=O) groups excluding carboxylic acids is 2. The molecule has 2 aromatic rings. The summed E-state index contributed by atoms with van der Waals surface area (Å²) in [5.41, 5.74) is -1.39. The number of aliphatic hydroxyl groups is 1. The number of phenolic OH excluding ortho intramolecular Hbond substituents is 2. The van der Waals surface area contributed by atoms with E-state index in [1.54, 1.807) is 6.07 Å². The lowest BCUT2D eigenvalue weighted by Crippen LogP contribution is -2.51. The van der Waals surface area contributed by atoms with E-state index in [1.807, 2.05) is 44.2 Å². The Hall–Kier alpha value is -3.26. The van der Waals surface area contributed by atoms with Crippen molar-refractivity contribution in [3.8, 4) is 17.2 Å². The number of hydrogen-bond acceptors (Lipinski definition) is 7. The predicted octanol–water partition coefficient (Wildman–Crippen LogP) is 7.68. The van der Waals surface area contributed by atoms with Crippen LogP contribution in [0, 0.1) is 33.5 Å². The number of amides is 1. The van der Waals surface area contributed by atoms with Gasteiger partial charge in [0.15, 0.2) is 11.5 Å². The Labute approximate surface area is 283 Å². The lowest BCUT2D eigenvalue weighted by Gasteiger charge is -2.50. The number of hydrogen-bond donors (Lipinski definition) is 4. The van der Waals surface area contributed by atoms with E-state index >= 15 is 0 Å². The SMILES string of the molecule is CCC(C(C)(C)CC(C)(C(=O)NCCc1ccc(O)c(O)c1)C(C)C)C(C)(CC(C)(C)CC)C(=O)OCC(O)COc1ccccc1. The lowest BCUT2D eigenvalue weighted by molar-refractivity contribution is -0.170. The predicted molar refractivity (Wildman–Crippen MR) is 187 cm³/mol. The third-order valence-electron chi connectivity index (χ3n) is 10.3. The number of aromatic hydroxyl groups is 2. The maximum Gasteiger partial charge on any atom is 0.312 e. The molecule has 2 aromatic carbocycles. The fraction of sp³-hybridized carbons (Fsp3) is 0.641. The van der Waals surface area contributed by atoms with Crippen LogP contribution in [0.4, 0.5) is 0 Å². The molecule has 4 N–H and O–H groups in total. The number of nitrogens with one attached hydrogen (secondary N) is 1. The van der Waals surface area contributed by atoms with Gasteiger partial charge in [-0.05, 0) is 78.7 Å². The first kappa shape index (κ1) is 39.9. The first-order valence-electron chi connectivity index (χ1n) is 17.1. The van der Waals surface area contributed by atoms with E-state index < -0.39 is 22.3 Å². The molecule has 1 amide bonds. The van der Waals surface area contributed by atoms with E-state index in [9.17, 15) is 24.9 Å². The molecule has 0 aromatic heterocycles. The number of aliphatic hydroxyl groups excluding tert-OH is 1. The van der Waals surface area contributed by atoms with Gasteiger partial charge in [-0.1, -0.05) is 99.4 Å². The molecule has 8 nitrogen and oxygen atoms in total. The summed E-state index contributed by atoms with van der Waals surface area (Å²) < 4.78 is 11.5. The first-order chi connectivity index (χ1) is 21.8. The minimum absolute atomic E-state index is 0.00687. The van der Waals surface area contributed by atoms with Crippen LogP contribution in [0.2, 0.25) is 0 Å². The van der Waals surface area contributed by atoms with Crippen LogP contribution in [0.3, 0.4) is 0 Å². The highest BCUT2D eigenvalue weighted by Crippen LogP contribution is 2.54. The van der Waals surface area contributed by atoms with Crippen LogP contribution >= 0.6 is 0 Å². The van der Waals surface area contributed by atoms with Gasteiger partial charge in [0.1, 0.15) is 25.1 Å². The fourth-order valence-corrected chi connectivity index (χ4v) is 7.28. The van der Waals surface area contributed by atoms with Gasteiger partial charge < -0.3 is 30.1 Å². The second kappa shape index (κ2) is 16.7. The molecule has 0 saturated carbocycles. The number of rotatable bonds is 19. The Kier molecular flexibility index (Phi) is 14.2. The number of phenols is 2. The molecule has 2 rings (SSSR count). The highest BCUT2D eigenvalue weighted by molar-refractivity contribution is 5.82. The van der Waals surface area contributed by atoms with E-state index in [2.05, 4.69) is 60.7 Å². The summed E-state index contributed by atoms with van der Waals surface area (Å²) in [6.07, 6.45) is 2.26. The molecule has 4 atom stereocenters. The molecule has 264 valence electrons. The number of esters is 1. The van der Waals surface area contributed by atoms with Crippen molar-refractivity contribution in [1.29, 1.82) is 0 Å². The zero-order chi connectivity index (χ0) is 35.6. The maximum atomic E-state index is 14.2. The number of carbonyl (C=O) groups is 2. The van der Waals surface area contributed by atoms with Gasteiger partial charge in [-0.15, -0.1) is 0 Å². The molecule has 47 heavy (non-hydrogen) atoms. The van der Waals surface area contributed by atoms with Crippen LogP contribution in [0.25, 0.3) is 0 Å². The summed E-state index contributed by atoms with van der Waals surface area (Å²) in [4.78, 5) is 28.0. The monoisotopic (exact) mass is 655 g/mol. The highest BCUT2D eigenvalue weighted by atomic mass is 16.5. The molecule has 8 heteroatoms. The van der Waals surface area contributed by atoms with Crippen molar-refractivity contribution >= 4 is 11.9 Å². The number of benzene rings is 2. The average molecular weight is 656 g/mol. The Morgan fingerprint density at radius 2 is 1.49 bits per heavy atom. The van der Waals surface area contributed by atoms with Crippen molar-refractivity contribution in [2.75, 3.05) is 19.8 Å². The Balaban J connectivity index is 2.26. The molecular weight excluding hydrogens is 594 g/mol. The van der Waals surface area contributed by atoms with Gasteiger partial charge in [0.05, 0.1) is 5.41 Å². The molecule has 0 bridgehead atoms. The second-order valence-corrected chi connectivity index (χ2v) is 15.5. The van der Waals surface area contributed by atoms with Crippen LogP contribution in [-0.4, -0.2) is 53.1 Å². The second-order valence-electron chi connectivity index (χ2n) is 15.5. The minimum Gasteiger partial charge on any atom is -0.504 e. The van der Waals surface area contributed by atoms with Crippen LogP contribution in [0.15, 0.2) is 48.5 Å². The molecule has 0 radical (unpaired) electrons. The van der Waals surface area contributed by atoms with Crippen LogP contribution < -0.4 is 10.1 Å². The van der Waals surface area contributed by atoms with Crippen molar-refractivity contribution in [2.45, 2.75) is 107 Å². The largest absolute Gasteiger partial charge is 0.504 e. The topological polar surface area (TPSA) is 125 Å². The Morgan fingerprint density at radius 1 is 0.851 bits per heavy atom. The van der Waals surface area contributed by atoms with Gasteiger partial charge in [-0.2, -0.15) is 0 Å². The van der Waals surface area contributed by atoms with Gasteiger partial charge in [0, 0.05) is 12.0 Å². The van der Waals surface area contributed by atoms with Crippen molar-refractivity contribution < 1.29 is 34.4 Å². The van der Waals surface area contributed by atoms with Crippen molar-refractivity contribution in [3.63, 3.8) is 0 Å². The summed E-state index contributed by atoms with van der Waals surface area (Å²) in [7, 11) is 0. The summed E-state index contributed by atoms with van der Waals surface area (Å²) in [6, 6.07) is 13.9. The molecule has 0 aliphatic carbocycles. The standard InChI is InChI=1S/C39H61NO7/c1-11-33(37(7,8)26-38(9,27(3)4)34(44)40-21-20-28-18-19-31(42)32(43)22-28)39(10,25-36(5,6)12-2)35(45)47-24-29(41)23-46-30-16-14-13-15-17-30/h13-19,22,27,29,33,41-43H,11-12,20-21,23-26H2,1-10H3,(H,40,44). The molecule has 0 aliphatic heterocycles. The Morgan fingerprint density at radius 3 is 2.04 bits per heavy atom. The van der Waals surface area contributed by atoms with Crippen LogP contribution in [-0.2, 0) is 20.7 Å². The van der Waals surface area contributed by atoms with Gasteiger partial charge in [0.25, 0.3) is 0 Å². The molecule has 0 aliphatic rings. The summed E-state index contributed by atoms with van der Waals surface area (Å²) in [6.45, 7) is 21.2. The number of para-hydroxylation sites is 1. The average Bonchev–Trinajstić information content (AvgIpc) is 3.00. The number of ether oxygens (including phenoxy) is 2. The summed E-state index contributed by atoms with van der Waals surface area (Å²) in [5, 5.41) is 33.2. The quantitative estimate of drug-likeness (QED) is 0.0904. The van der Waals surface area contributed by atoms with Gasteiger partial charge >= 0.3 is 5.97 Å². The smallest absolute Gasteiger partial charge is 0.312 e. The van der Waals surface area contributed by atoms with Crippen molar-refractivity contribution in [3.05, 3.63) is 54.1 Å². The van der Waals surface area contributed by atoms with Crippen molar-refractivity contribution in [2.24, 2.45) is 33.5 Å². The first-order valence-corrected chi connectivity index (χ1v) is 17.1. The van der Waals surface area contributed by atoms with Crippen molar-refractivity contribution in [1.82, 2.24) is 5.32 Å².